The van der Waals surface area contributed by atoms with Crippen LogP contribution in [0.25, 0.3) is 0 Å². The standard InChI is InChI=1S/C23H27N3O3S/c1-29-22(28)16-26(15-17-8-4-2-5-9-17)13-12-21(27)25-23-19(14-24)18-10-6-3-7-11-20(18)30-23/h2,4-5,8-9H,3,6-7,10-13,15-16H2,1H3,(H,25,27). The number of fused-ring (bicyclic) bond motifs is 1. The normalized spacial score (nSPS) is 13.2. The number of hydrogen-bond acceptors (Lipinski definition) is 6. The van der Waals surface area contributed by atoms with Gasteiger partial charge in [0.15, 0.2) is 0 Å². The van der Waals surface area contributed by atoms with Crippen molar-refractivity contribution in [2.45, 2.75) is 45.1 Å². The lowest BCUT2D eigenvalue weighted by atomic mass is 10.1. The Bertz CT molecular complexity index is 918. The third-order valence-electron chi connectivity index (χ3n) is 5.27. The zero-order valence-electron chi connectivity index (χ0n) is 17.3. The number of nitriles is 1. The highest BCUT2D eigenvalue weighted by Gasteiger charge is 2.21. The Kier molecular flexibility index (Phi) is 8.00. The molecule has 2 aromatic rings. The van der Waals surface area contributed by atoms with Crippen molar-refractivity contribution in [3.05, 3.63) is 51.9 Å². The van der Waals surface area contributed by atoms with Crippen molar-refractivity contribution in [1.82, 2.24) is 4.90 Å². The number of carbonyl (C=O) groups is 2. The van der Waals surface area contributed by atoms with Crippen LogP contribution in [0.5, 0.6) is 0 Å². The molecule has 0 saturated carbocycles. The predicted octanol–water partition coefficient (Wildman–Crippen LogP) is 3.89. The number of aryl methyl sites for hydroxylation is 1. The second kappa shape index (κ2) is 10.9. The van der Waals surface area contributed by atoms with Crippen LogP contribution in [0.1, 0.15) is 47.3 Å². The summed E-state index contributed by atoms with van der Waals surface area (Å²) in [5.41, 5.74) is 2.81. The Morgan fingerprint density at radius 3 is 2.70 bits per heavy atom. The second-order valence-corrected chi connectivity index (χ2v) is 8.56. The van der Waals surface area contributed by atoms with Crippen molar-refractivity contribution in [2.75, 3.05) is 25.5 Å². The highest BCUT2D eigenvalue weighted by molar-refractivity contribution is 7.16. The van der Waals surface area contributed by atoms with E-state index in [-0.39, 0.29) is 24.8 Å². The van der Waals surface area contributed by atoms with Gasteiger partial charge in [0, 0.05) is 24.4 Å². The van der Waals surface area contributed by atoms with E-state index in [4.69, 9.17) is 4.74 Å². The summed E-state index contributed by atoms with van der Waals surface area (Å²) in [6.45, 7) is 1.10. The number of rotatable bonds is 8. The highest BCUT2D eigenvalue weighted by atomic mass is 32.1. The lowest BCUT2D eigenvalue weighted by molar-refractivity contribution is -0.142. The maximum absolute atomic E-state index is 12.6. The Labute approximate surface area is 181 Å². The number of thiophene rings is 1. The SMILES string of the molecule is COC(=O)CN(CCC(=O)Nc1sc2c(c1C#N)CCCCC2)Cc1ccccc1. The van der Waals surface area contributed by atoms with E-state index in [0.717, 1.165) is 36.8 Å². The summed E-state index contributed by atoms with van der Waals surface area (Å²) in [4.78, 5) is 27.5. The fourth-order valence-corrected chi connectivity index (χ4v) is 4.96. The molecule has 6 nitrogen and oxygen atoms in total. The molecule has 7 heteroatoms. The fraction of sp³-hybridized carbons (Fsp3) is 0.435. The summed E-state index contributed by atoms with van der Waals surface area (Å²) >= 11 is 1.54. The monoisotopic (exact) mass is 425 g/mol. The minimum Gasteiger partial charge on any atom is -0.468 e. The largest absolute Gasteiger partial charge is 0.468 e. The number of benzene rings is 1. The molecule has 1 amide bonds. The van der Waals surface area contributed by atoms with E-state index in [0.29, 0.717) is 23.7 Å². The molecule has 0 radical (unpaired) electrons. The number of methoxy groups -OCH3 is 1. The summed E-state index contributed by atoms with van der Waals surface area (Å²) < 4.78 is 4.79. The summed E-state index contributed by atoms with van der Waals surface area (Å²) in [7, 11) is 1.36. The highest BCUT2D eigenvalue weighted by Crippen LogP contribution is 2.37. The van der Waals surface area contributed by atoms with Crippen LogP contribution in [0.4, 0.5) is 5.00 Å². The molecule has 1 aromatic heterocycles. The smallest absolute Gasteiger partial charge is 0.319 e. The molecule has 0 atom stereocenters. The van der Waals surface area contributed by atoms with Gasteiger partial charge in [0.1, 0.15) is 11.1 Å². The molecule has 3 rings (SSSR count). The van der Waals surface area contributed by atoms with Crippen molar-refractivity contribution in [3.8, 4) is 6.07 Å². The molecule has 1 N–H and O–H groups in total. The van der Waals surface area contributed by atoms with Gasteiger partial charge in [0.05, 0.1) is 19.2 Å². The third kappa shape index (κ3) is 5.91. The van der Waals surface area contributed by atoms with Gasteiger partial charge >= 0.3 is 5.97 Å². The lowest BCUT2D eigenvalue weighted by Crippen LogP contribution is -2.33. The molecule has 1 aromatic carbocycles. The van der Waals surface area contributed by atoms with Crippen LogP contribution in [0.15, 0.2) is 30.3 Å². The van der Waals surface area contributed by atoms with E-state index >= 15 is 0 Å². The molecule has 1 aliphatic rings. The molecule has 0 unspecified atom stereocenters. The minimum absolute atomic E-state index is 0.120. The van der Waals surface area contributed by atoms with Crippen LogP contribution in [0.3, 0.4) is 0 Å². The van der Waals surface area contributed by atoms with Gasteiger partial charge in [-0.1, -0.05) is 36.8 Å². The van der Waals surface area contributed by atoms with Gasteiger partial charge in [0.25, 0.3) is 0 Å². The van der Waals surface area contributed by atoms with E-state index in [1.54, 1.807) is 0 Å². The van der Waals surface area contributed by atoms with E-state index < -0.39 is 0 Å². The molecule has 0 spiro atoms. The molecule has 0 aliphatic heterocycles. The van der Waals surface area contributed by atoms with Gasteiger partial charge < -0.3 is 10.1 Å². The summed E-state index contributed by atoms with van der Waals surface area (Å²) in [6, 6.07) is 12.1. The molecule has 158 valence electrons. The van der Waals surface area contributed by atoms with Gasteiger partial charge in [-0.2, -0.15) is 5.26 Å². The van der Waals surface area contributed by atoms with Crippen molar-refractivity contribution < 1.29 is 14.3 Å². The van der Waals surface area contributed by atoms with Crippen molar-refractivity contribution in [2.24, 2.45) is 0 Å². The van der Waals surface area contributed by atoms with E-state index in [2.05, 4.69) is 11.4 Å². The van der Waals surface area contributed by atoms with Crippen LogP contribution < -0.4 is 5.32 Å². The number of amides is 1. The number of esters is 1. The third-order valence-corrected chi connectivity index (χ3v) is 6.48. The first-order valence-electron chi connectivity index (χ1n) is 10.3. The average molecular weight is 426 g/mol. The lowest BCUT2D eigenvalue weighted by Gasteiger charge is -2.20. The van der Waals surface area contributed by atoms with Crippen LogP contribution in [-0.4, -0.2) is 37.0 Å². The van der Waals surface area contributed by atoms with Gasteiger partial charge in [-0.3, -0.25) is 14.5 Å². The van der Waals surface area contributed by atoms with Crippen LogP contribution in [0, 0.1) is 11.3 Å². The zero-order chi connectivity index (χ0) is 21.3. The molecule has 30 heavy (non-hydrogen) atoms. The van der Waals surface area contributed by atoms with Crippen molar-refractivity contribution >= 4 is 28.2 Å². The maximum atomic E-state index is 12.6. The Balaban J connectivity index is 1.62. The average Bonchev–Trinajstić information content (AvgIpc) is 2.91. The molecule has 0 bridgehead atoms. The first-order valence-corrected chi connectivity index (χ1v) is 11.1. The topological polar surface area (TPSA) is 82.4 Å². The molecular formula is C23H27N3O3S. The molecule has 0 fully saturated rings. The molecule has 1 aliphatic carbocycles. The van der Waals surface area contributed by atoms with Gasteiger partial charge in [-0.25, -0.2) is 0 Å². The molecular weight excluding hydrogens is 398 g/mol. The first-order chi connectivity index (χ1) is 14.6. The van der Waals surface area contributed by atoms with E-state index in [1.165, 1.54) is 29.7 Å². The molecule has 1 heterocycles. The second-order valence-electron chi connectivity index (χ2n) is 7.45. The predicted molar refractivity (Wildman–Crippen MR) is 117 cm³/mol. The quantitative estimate of drug-likeness (QED) is 0.512. The zero-order valence-corrected chi connectivity index (χ0v) is 18.1. The number of nitrogens with zero attached hydrogens (tertiary/aromatic N) is 2. The Morgan fingerprint density at radius 2 is 1.97 bits per heavy atom. The summed E-state index contributed by atoms with van der Waals surface area (Å²) in [5, 5.41) is 13.2. The van der Waals surface area contributed by atoms with Gasteiger partial charge in [0.2, 0.25) is 5.91 Å². The Morgan fingerprint density at radius 1 is 1.20 bits per heavy atom. The van der Waals surface area contributed by atoms with Gasteiger partial charge in [-0.15, -0.1) is 11.3 Å². The number of carbonyl (C=O) groups excluding carboxylic acids is 2. The molecule has 0 saturated heterocycles. The number of hydrogen-bond donors (Lipinski definition) is 1. The number of ether oxygens (including phenoxy) is 1. The van der Waals surface area contributed by atoms with Crippen molar-refractivity contribution in [1.29, 1.82) is 5.26 Å². The van der Waals surface area contributed by atoms with Crippen LogP contribution >= 0.6 is 11.3 Å². The van der Waals surface area contributed by atoms with Crippen LogP contribution in [0.2, 0.25) is 0 Å². The summed E-state index contributed by atoms with van der Waals surface area (Å²) in [6.07, 6.45) is 5.54. The van der Waals surface area contributed by atoms with E-state index in [1.807, 2.05) is 35.2 Å². The van der Waals surface area contributed by atoms with Crippen LogP contribution in [-0.2, 0) is 33.7 Å². The number of nitrogens with one attached hydrogen (secondary N) is 1. The summed E-state index contributed by atoms with van der Waals surface area (Å²) in [5.74, 6) is -0.481. The minimum atomic E-state index is -0.333. The Hall–Kier alpha value is -2.69. The number of anilines is 1. The van der Waals surface area contributed by atoms with Crippen molar-refractivity contribution in [3.63, 3.8) is 0 Å². The van der Waals surface area contributed by atoms with E-state index in [9.17, 15) is 14.9 Å². The fourth-order valence-electron chi connectivity index (χ4n) is 3.70. The first kappa shape index (κ1) is 22.0. The van der Waals surface area contributed by atoms with Gasteiger partial charge in [-0.05, 0) is 36.8 Å². The maximum Gasteiger partial charge on any atom is 0.319 e.